The molecule has 0 saturated carbocycles. The fourth-order valence-electron chi connectivity index (χ4n) is 1.28. The summed E-state index contributed by atoms with van der Waals surface area (Å²) in [5, 5.41) is 18.1. The predicted molar refractivity (Wildman–Crippen MR) is 57.2 cm³/mol. The van der Waals surface area contributed by atoms with Crippen LogP contribution in [0.15, 0.2) is 18.2 Å². The summed E-state index contributed by atoms with van der Waals surface area (Å²) in [7, 11) is -1.77. The third-order valence-electron chi connectivity index (χ3n) is 2.09. The van der Waals surface area contributed by atoms with Crippen molar-refractivity contribution in [2.75, 3.05) is 6.61 Å². The molecule has 0 bridgehead atoms. The van der Waals surface area contributed by atoms with Crippen molar-refractivity contribution < 1.29 is 28.0 Å². The molecule has 0 unspecified atom stereocenters. The molecular weight excluding hydrogens is 236 g/mol. The molecule has 0 radical (unpaired) electrons. The highest BCUT2D eigenvalue weighted by Gasteiger charge is 2.27. The molecule has 17 heavy (non-hydrogen) atoms. The van der Waals surface area contributed by atoms with Crippen molar-refractivity contribution in [3.05, 3.63) is 23.8 Å². The molecule has 0 amide bonds. The Hall–Kier alpha value is -1.21. The molecule has 7 heteroatoms. The lowest BCUT2D eigenvalue weighted by Crippen LogP contribution is -2.32. The second-order valence-corrected chi connectivity index (χ2v) is 3.63. The van der Waals surface area contributed by atoms with Crippen LogP contribution in [-0.2, 0) is 0 Å². The lowest BCUT2D eigenvalue weighted by Gasteiger charge is -2.12. The minimum atomic E-state index is -4.29. The first kappa shape index (κ1) is 13.9. The topological polar surface area (TPSA) is 49.7 Å². The lowest BCUT2D eigenvalue weighted by molar-refractivity contribution is -0.139. The maximum absolute atomic E-state index is 11.9. The Morgan fingerprint density at radius 3 is 2.47 bits per heavy atom. The van der Waals surface area contributed by atoms with Crippen molar-refractivity contribution >= 4 is 12.6 Å². The standard InChI is InChI=1S/C10H12BF3O3/c1-7-2-3-9(8(6-7)11(15)16)17-5-4-10(12,13)14/h2-3,6,15-16H,4-5H2,1H3. The monoisotopic (exact) mass is 248 g/mol. The van der Waals surface area contributed by atoms with E-state index in [2.05, 4.69) is 0 Å². The van der Waals surface area contributed by atoms with E-state index in [0.29, 0.717) is 0 Å². The van der Waals surface area contributed by atoms with E-state index in [-0.39, 0.29) is 11.2 Å². The Morgan fingerprint density at radius 2 is 1.94 bits per heavy atom. The number of halogens is 3. The molecule has 1 aromatic rings. The maximum atomic E-state index is 11.9. The number of benzene rings is 1. The summed E-state index contributed by atoms with van der Waals surface area (Å²) in [6, 6.07) is 4.49. The van der Waals surface area contributed by atoms with Gasteiger partial charge in [0.15, 0.2) is 0 Å². The molecule has 0 aliphatic heterocycles. The van der Waals surface area contributed by atoms with Gasteiger partial charge in [-0.15, -0.1) is 0 Å². The SMILES string of the molecule is Cc1ccc(OCCC(F)(F)F)c(B(O)O)c1. The molecule has 0 atom stereocenters. The first-order chi connectivity index (χ1) is 7.79. The van der Waals surface area contributed by atoms with E-state index in [1.165, 1.54) is 12.1 Å². The minimum Gasteiger partial charge on any atom is -0.494 e. The van der Waals surface area contributed by atoms with Gasteiger partial charge in [-0.2, -0.15) is 13.2 Å². The van der Waals surface area contributed by atoms with Gasteiger partial charge in [-0.25, -0.2) is 0 Å². The Labute approximate surface area is 97.0 Å². The summed E-state index contributed by atoms with van der Waals surface area (Å²) in [4.78, 5) is 0. The maximum Gasteiger partial charge on any atom is 0.492 e. The van der Waals surface area contributed by atoms with Crippen molar-refractivity contribution in [3.63, 3.8) is 0 Å². The Kier molecular flexibility index (Phi) is 4.42. The van der Waals surface area contributed by atoms with Gasteiger partial charge in [0.05, 0.1) is 13.0 Å². The Bertz CT molecular complexity index is 380. The third kappa shape index (κ3) is 4.66. The lowest BCUT2D eigenvalue weighted by atomic mass is 9.79. The first-order valence-electron chi connectivity index (χ1n) is 4.96. The van der Waals surface area contributed by atoms with Crippen LogP contribution in [-0.4, -0.2) is 29.9 Å². The molecule has 0 spiro atoms. The highest BCUT2D eigenvalue weighted by atomic mass is 19.4. The second kappa shape index (κ2) is 5.42. The predicted octanol–water partition coefficient (Wildman–Crippen LogP) is 1.01. The van der Waals surface area contributed by atoms with Gasteiger partial charge >= 0.3 is 13.3 Å². The zero-order valence-corrected chi connectivity index (χ0v) is 9.16. The largest absolute Gasteiger partial charge is 0.494 e. The molecule has 2 N–H and O–H groups in total. The smallest absolute Gasteiger partial charge is 0.492 e. The molecule has 0 heterocycles. The van der Waals surface area contributed by atoms with Crippen molar-refractivity contribution in [2.24, 2.45) is 0 Å². The summed E-state index contributed by atoms with van der Waals surface area (Å²) >= 11 is 0. The number of hydrogen-bond donors (Lipinski definition) is 2. The van der Waals surface area contributed by atoms with Crippen LogP contribution >= 0.6 is 0 Å². The van der Waals surface area contributed by atoms with E-state index in [9.17, 15) is 13.2 Å². The second-order valence-electron chi connectivity index (χ2n) is 3.63. The zero-order chi connectivity index (χ0) is 13.1. The van der Waals surface area contributed by atoms with Crippen LogP contribution in [0.3, 0.4) is 0 Å². The highest BCUT2D eigenvalue weighted by molar-refractivity contribution is 6.59. The van der Waals surface area contributed by atoms with Gasteiger partial charge in [-0.05, 0) is 13.0 Å². The van der Waals surface area contributed by atoms with Crippen molar-refractivity contribution in [3.8, 4) is 5.75 Å². The quantitative estimate of drug-likeness (QED) is 0.781. The van der Waals surface area contributed by atoms with Crippen LogP contribution in [0.25, 0.3) is 0 Å². The first-order valence-corrected chi connectivity index (χ1v) is 4.96. The van der Waals surface area contributed by atoms with E-state index >= 15 is 0 Å². The van der Waals surface area contributed by atoms with Gasteiger partial charge in [-0.3, -0.25) is 0 Å². The number of hydrogen-bond acceptors (Lipinski definition) is 3. The summed E-state index contributed by atoms with van der Waals surface area (Å²) < 4.78 is 40.6. The average Bonchev–Trinajstić information content (AvgIpc) is 2.18. The van der Waals surface area contributed by atoms with Crippen LogP contribution in [0.1, 0.15) is 12.0 Å². The normalized spacial score (nSPS) is 11.4. The van der Waals surface area contributed by atoms with Crippen LogP contribution in [0.2, 0.25) is 0 Å². The van der Waals surface area contributed by atoms with Gasteiger partial charge in [0.2, 0.25) is 0 Å². The minimum absolute atomic E-state index is 0.0508. The van der Waals surface area contributed by atoms with E-state index in [1.54, 1.807) is 13.0 Å². The molecule has 3 nitrogen and oxygen atoms in total. The third-order valence-corrected chi connectivity index (χ3v) is 2.09. The Morgan fingerprint density at radius 1 is 1.29 bits per heavy atom. The van der Waals surface area contributed by atoms with Crippen LogP contribution in [0.5, 0.6) is 5.75 Å². The fraction of sp³-hybridized carbons (Fsp3) is 0.400. The number of rotatable bonds is 4. The zero-order valence-electron chi connectivity index (χ0n) is 9.16. The van der Waals surface area contributed by atoms with Crippen molar-refractivity contribution in [2.45, 2.75) is 19.5 Å². The molecule has 0 fully saturated rings. The molecule has 0 saturated heterocycles. The molecule has 0 aromatic heterocycles. The summed E-state index contributed by atoms with van der Waals surface area (Å²) in [5.41, 5.74) is 0.823. The van der Waals surface area contributed by atoms with Gasteiger partial charge in [-0.1, -0.05) is 17.7 Å². The van der Waals surface area contributed by atoms with E-state index in [4.69, 9.17) is 14.8 Å². The number of ether oxygens (including phenoxy) is 1. The molecule has 0 aliphatic rings. The van der Waals surface area contributed by atoms with Gasteiger partial charge in [0, 0.05) is 5.46 Å². The van der Waals surface area contributed by atoms with Gasteiger partial charge in [0.25, 0.3) is 0 Å². The molecule has 0 aliphatic carbocycles. The summed E-state index contributed by atoms with van der Waals surface area (Å²) in [5.74, 6) is 0.0508. The van der Waals surface area contributed by atoms with Crippen LogP contribution in [0.4, 0.5) is 13.2 Å². The highest BCUT2D eigenvalue weighted by Crippen LogP contribution is 2.20. The van der Waals surface area contributed by atoms with E-state index in [1.807, 2.05) is 0 Å². The fourth-order valence-corrected chi connectivity index (χ4v) is 1.28. The van der Waals surface area contributed by atoms with Crippen molar-refractivity contribution in [1.29, 1.82) is 0 Å². The number of alkyl halides is 3. The van der Waals surface area contributed by atoms with Gasteiger partial charge < -0.3 is 14.8 Å². The molecule has 1 aromatic carbocycles. The summed E-state index contributed by atoms with van der Waals surface area (Å²) in [6.07, 6.45) is -5.37. The summed E-state index contributed by atoms with van der Waals surface area (Å²) in [6.45, 7) is 1.18. The van der Waals surface area contributed by atoms with E-state index in [0.717, 1.165) is 5.56 Å². The molecule has 94 valence electrons. The van der Waals surface area contributed by atoms with E-state index < -0.39 is 26.3 Å². The van der Waals surface area contributed by atoms with Crippen LogP contribution in [0, 0.1) is 6.92 Å². The molecular formula is C10H12BF3O3. The van der Waals surface area contributed by atoms with Crippen molar-refractivity contribution in [1.82, 2.24) is 0 Å². The number of aryl methyl sites for hydroxylation is 1. The van der Waals surface area contributed by atoms with Gasteiger partial charge in [0.1, 0.15) is 5.75 Å². The Balaban J connectivity index is 2.70. The molecule has 1 rings (SSSR count). The average molecular weight is 248 g/mol. The van der Waals surface area contributed by atoms with Crippen LogP contribution < -0.4 is 10.2 Å².